The molecule has 9 nitrogen and oxygen atoms in total. The van der Waals surface area contributed by atoms with Crippen molar-refractivity contribution < 1.29 is 28.5 Å². The molecule has 0 aliphatic carbocycles. The zero-order chi connectivity index (χ0) is 24.9. The third-order valence-corrected chi connectivity index (χ3v) is 7.42. The van der Waals surface area contributed by atoms with Gasteiger partial charge < -0.3 is 33.7 Å². The quantitative estimate of drug-likeness (QED) is 0.570. The van der Waals surface area contributed by atoms with Crippen LogP contribution in [-0.2, 0) is 22.6 Å². The predicted octanol–water partition coefficient (Wildman–Crippen LogP) is 3.09. The van der Waals surface area contributed by atoms with E-state index in [4.69, 9.17) is 18.9 Å². The fourth-order valence-electron chi connectivity index (χ4n) is 5.33. The summed E-state index contributed by atoms with van der Waals surface area (Å²) in [6.07, 6.45) is 1.92. The van der Waals surface area contributed by atoms with Gasteiger partial charge in [-0.15, -0.1) is 0 Å². The Morgan fingerprint density at radius 3 is 2.83 bits per heavy atom. The fraction of sp³-hybridized carbons (Fsp3) is 0.407. The molecule has 1 N–H and O–H groups in total. The van der Waals surface area contributed by atoms with Crippen LogP contribution >= 0.6 is 0 Å². The summed E-state index contributed by atoms with van der Waals surface area (Å²) in [4.78, 5) is 29.4. The Hall–Kier alpha value is -3.72. The van der Waals surface area contributed by atoms with Crippen LogP contribution in [0, 0.1) is 0 Å². The van der Waals surface area contributed by atoms with Gasteiger partial charge in [0.15, 0.2) is 11.5 Å². The van der Waals surface area contributed by atoms with Crippen molar-refractivity contribution in [3.8, 4) is 17.2 Å². The smallest absolute Gasteiger partial charge is 0.271 e. The van der Waals surface area contributed by atoms with Crippen LogP contribution in [0.2, 0.25) is 0 Å². The minimum Gasteiger partial charge on any atom is -0.497 e. The first-order chi connectivity index (χ1) is 17.5. The predicted molar refractivity (Wildman–Crippen MR) is 131 cm³/mol. The number of aromatic nitrogens is 1. The van der Waals surface area contributed by atoms with E-state index >= 15 is 0 Å². The number of carbonyl (C=O) groups excluding carboxylic acids is 2. The highest BCUT2D eigenvalue weighted by molar-refractivity contribution is 6.03. The van der Waals surface area contributed by atoms with Gasteiger partial charge in [-0.25, -0.2) is 0 Å². The minimum absolute atomic E-state index is 0.00591. The van der Waals surface area contributed by atoms with Gasteiger partial charge in [-0.05, 0) is 55.7 Å². The highest BCUT2D eigenvalue weighted by Gasteiger charge is 2.48. The van der Waals surface area contributed by atoms with Gasteiger partial charge in [0.2, 0.25) is 12.7 Å². The number of carbonyl (C=O) groups is 2. The van der Waals surface area contributed by atoms with E-state index in [0.717, 1.165) is 29.3 Å². The van der Waals surface area contributed by atoms with Crippen LogP contribution in [-0.4, -0.2) is 60.0 Å². The molecule has 2 aromatic carbocycles. The van der Waals surface area contributed by atoms with Gasteiger partial charge in [0.05, 0.1) is 25.3 Å². The van der Waals surface area contributed by atoms with Crippen LogP contribution in [0.3, 0.4) is 0 Å². The van der Waals surface area contributed by atoms with E-state index in [1.54, 1.807) is 12.0 Å². The second-order valence-electron chi connectivity index (χ2n) is 9.74. The highest BCUT2D eigenvalue weighted by Crippen LogP contribution is 2.37. The third-order valence-electron chi connectivity index (χ3n) is 7.42. The van der Waals surface area contributed by atoms with Crippen molar-refractivity contribution in [1.29, 1.82) is 0 Å². The summed E-state index contributed by atoms with van der Waals surface area (Å²) in [6.45, 7) is 3.71. The maximum absolute atomic E-state index is 14.0. The molecule has 3 aliphatic heterocycles. The summed E-state index contributed by atoms with van der Waals surface area (Å²) in [6, 6.07) is 13.2. The summed E-state index contributed by atoms with van der Waals surface area (Å²) < 4.78 is 24.0. The van der Waals surface area contributed by atoms with Gasteiger partial charge in [0, 0.05) is 31.1 Å². The standard InChI is InChI=1S/C27H29N3O6/c1-27(26(32)28-13-20-4-3-9-34-20)15-29-21-12-19(33-2)7-6-18(21)11-22(29)25(31)30(27)14-17-5-8-23-24(10-17)36-16-35-23/h5-8,10-12,20H,3-4,9,13-16H2,1-2H3,(H,28,32)/t20-,27+/m1/s1. The first kappa shape index (κ1) is 22.7. The molecule has 0 saturated carbocycles. The number of hydrogen-bond acceptors (Lipinski definition) is 6. The molecular weight excluding hydrogens is 462 g/mol. The number of nitrogens with one attached hydrogen (secondary N) is 1. The van der Waals surface area contributed by atoms with E-state index in [1.165, 1.54) is 0 Å². The molecule has 2 atom stereocenters. The normalized spacial score (nSPS) is 22.7. The minimum atomic E-state index is -1.13. The molecule has 188 valence electrons. The number of nitrogens with zero attached hydrogens (tertiary/aromatic N) is 2. The molecule has 0 unspecified atom stereocenters. The van der Waals surface area contributed by atoms with E-state index in [2.05, 4.69) is 5.32 Å². The highest BCUT2D eigenvalue weighted by atomic mass is 16.7. The molecule has 9 heteroatoms. The number of fused-ring (bicyclic) bond motifs is 4. The van der Waals surface area contributed by atoms with Crippen molar-refractivity contribution in [3.63, 3.8) is 0 Å². The number of amides is 2. The van der Waals surface area contributed by atoms with Crippen molar-refractivity contribution in [1.82, 2.24) is 14.8 Å². The van der Waals surface area contributed by atoms with Crippen LogP contribution in [0.4, 0.5) is 0 Å². The topological polar surface area (TPSA) is 91.3 Å². The third kappa shape index (κ3) is 3.74. The summed E-state index contributed by atoms with van der Waals surface area (Å²) in [5.41, 5.74) is 1.13. The molecule has 4 heterocycles. The van der Waals surface area contributed by atoms with Gasteiger partial charge in [-0.3, -0.25) is 9.59 Å². The first-order valence-electron chi connectivity index (χ1n) is 12.2. The largest absolute Gasteiger partial charge is 0.497 e. The number of hydrogen-bond donors (Lipinski definition) is 1. The molecule has 0 spiro atoms. The van der Waals surface area contributed by atoms with Gasteiger partial charge in [0.1, 0.15) is 17.0 Å². The molecule has 6 rings (SSSR count). The Kier molecular flexibility index (Phi) is 5.52. The van der Waals surface area contributed by atoms with Gasteiger partial charge in [0.25, 0.3) is 5.91 Å². The molecule has 3 aromatic rings. The first-order valence-corrected chi connectivity index (χ1v) is 12.2. The second-order valence-corrected chi connectivity index (χ2v) is 9.74. The summed E-state index contributed by atoms with van der Waals surface area (Å²) in [5, 5.41) is 3.99. The molecule has 3 aliphatic rings. The van der Waals surface area contributed by atoms with Crippen LogP contribution in [0.1, 0.15) is 35.8 Å². The van der Waals surface area contributed by atoms with Gasteiger partial charge in [-0.1, -0.05) is 6.07 Å². The number of benzene rings is 2. The van der Waals surface area contributed by atoms with E-state index in [1.807, 2.05) is 54.0 Å². The second kappa shape index (κ2) is 8.74. The summed E-state index contributed by atoms with van der Waals surface area (Å²) >= 11 is 0. The molecular formula is C27H29N3O6. The molecule has 0 radical (unpaired) electrons. The molecule has 2 amide bonds. The van der Waals surface area contributed by atoms with E-state index in [9.17, 15) is 9.59 Å². The van der Waals surface area contributed by atoms with E-state index in [0.29, 0.717) is 42.6 Å². The lowest BCUT2D eigenvalue weighted by molar-refractivity contribution is -0.133. The van der Waals surface area contributed by atoms with Crippen molar-refractivity contribution >= 4 is 22.7 Å². The lowest BCUT2D eigenvalue weighted by Crippen LogP contribution is -2.64. The summed E-state index contributed by atoms with van der Waals surface area (Å²) in [5.74, 6) is 1.60. The molecule has 0 bridgehead atoms. The SMILES string of the molecule is COc1ccc2cc3n(c2c1)C[C@@](C)(C(=O)NC[C@H]1CCCO1)N(Cc1ccc2c(c1)OCO2)C3=O. The van der Waals surface area contributed by atoms with Gasteiger partial charge in [-0.2, -0.15) is 0 Å². The lowest BCUT2D eigenvalue weighted by Gasteiger charge is -2.44. The maximum atomic E-state index is 14.0. The monoisotopic (exact) mass is 491 g/mol. The van der Waals surface area contributed by atoms with Crippen molar-refractivity contribution in [3.05, 3.63) is 53.7 Å². The lowest BCUT2D eigenvalue weighted by atomic mass is 9.93. The average molecular weight is 492 g/mol. The van der Waals surface area contributed by atoms with Crippen molar-refractivity contribution in [2.75, 3.05) is 27.1 Å². The van der Waals surface area contributed by atoms with Crippen molar-refractivity contribution in [2.24, 2.45) is 0 Å². The Labute approximate surface area is 208 Å². The fourth-order valence-corrected chi connectivity index (χ4v) is 5.33. The van der Waals surface area contributed by atoms with Crippen molar-refractivity contribution in [2.45, 2.75) is 44.5 Å². The Morgan fingerprint density at radius 1 is 1.17 bits per heavy atom. The van der Waals surface area contributed by atoms with Crippen LogP contribution in [0.25, 0.3) is 10.9 Å². The van der Waals surface area contributed by atoms with Gasteiger partial charge >= 0.3 is 0 Å². The van der Waals surface area contributed by atoms with Crippen LogP contribution in [0.15, 0.2) is 42.5 Å². The Morgan fingerprint density at radius 2 is 2.03 bits per heavy atom. The summed E-state index contributed by atoms with van der Waals surface area (Å²) in [7, 11) is 1.61. The zero-order valence-electron chi connectivity index (χ0n) is 20.4. The van der Waals surface area contributed by atoms with E-state index < -0.39 is 5.54 Å². The van der Waals surface area contributed by atoms with Crippen LogP contribution < -0.4 is 19.5 Å². The Bertz CT molecular complexity index is 1340. The zero-order valence-corrected chi connectivity index (χ0v) is 20.4. The number of methoxy groups -OCH3 is 1. The van der Waals surface area contributed by atoms with E-state index in [-0.39, 0.29) is 31.3 Å². The molecule has 36 heavy (non-hydrogen) atoms. The molecule has 1 fully saturated rings. The Balaban J connectivity index is 1.38. The molecule has 1 aromatic heterocycles. The number of ether oxygens (including phenoxy) is 4. The maximum Gasteiger partial charge on any atom is 0.271 e. The van der Waals surface area contributed by atoms with Crippen LogP contribution in [0.5, 0.6) is 17.2 Å². The molecule has 1 saturated heterocycles. The number of rotatable bonds is 6. The average Bonchev–Trinajstić information content (AvgIpc) is 3.64.